The van der Waals surface area contributed by atoms with E-state index >= 15 is 0 Å². The maximum Gasteiger partial charge on any atom is 0.341 e. The van der Waals surface area contributed by atoms with Gasteiger partial charge in [0.25, 0.3) is 5.91 Å². The summed E-state index contributed by atoms with van der Waals surface area (Å²) in [6.07, 6.45) is 0.702. The largest absolute Gasteiger partial charge is 0.462 e. The van der Waals surface area contributed by atoms with E-state index in [0.29, 0.717) is 11.4 Å². The van der Waals surface area contributed by atoms with E-state index in [1.54, 1.807) is 13.0 Å². The van der Waals surface area contributed by atoms with Crippen LogP contribution in [0.5, 0.6) is 0 Å². The third-order valence-electron chi connectivity index (χ3n) is 3.04. The van der Waals surface area contributed by atoms with Crippen molar-refractivity contribution in [3.63, 3.8) is 0 Å². The van der Waals surface area contributed by atoms with Crippen LogP contribution in [-0.2, 0) is 11.2 Å². The third-order valence-corrected chi connectivity index (χ3v) is 4.55. The number of nitrogens with one attached hydrogen (secondary N) is 1. The SMILES string of the molecule is CCOC(=O)c1cc(CC)sc1NC(=O)c1c(F)cccc1Cl. The van der Waals surface area contributed by atoms with Crippen LogP contribution in [-0.4, -0.2) is 18.5 Å². The number of hydrogen-bond donors (Lipinski definition) is 1. The Labute approximate surface area is 142 Å². The lowest BCUT2D eigenvalue weighted by Crippen LogP contribution is -2.16. The Morgan fingerprint density at radius 3 is 2.70 bits per heavy atom. The zero-order chi connectivity index (χ0) is 17.0. The van der Waals surface area contributed by atoms with E-state index in [2.05, 4.69) is 5.32 Å². The Kier molecular flexibility index (Phi) is 5.74. The number of anilines is 1. The molecule has 0 saturated carbocycles. The summed E-state index contributed by atoms with van der Waals surface area (Å²) in [5.74, 6) is -1.96. The summed E-state index contributed by atoms with van der Waals surface area (Å²) in [6, 6.07) is 5.66. The number of carbonyl (C=O) groups excluding carboxylic acids is 2. The van der Waals surface area contributed by atoms with Gasteiger partial charge in [0.2, 0.25) is 0 Å². The van der Waals surface area contributed by atoms with E-state index in [4.69, 9.17) is 16.3 Å². The topological polar surface area (TPSA) is 55.4 Å². The molecule has 0 unspecified atom stereocenters. The van der Waals surface area contributed by atoms with Gasteiger partial charge in [0.05, 0.1) is 22.8 Å². The van der Waals surface area contributed by atoms with E-state index in [0.717, 1.165) is 10.9 Å². The van der Waals surface area contributed by atoms with Gasteiger partial charge in [-0.2, -0.15) is 0 Å². The van der Waals surface area contributed by atoms with Crippen molar-refractivity contribution in [2.24, 2.45) is 0 Å². The number of hydrogen-bond acceptors (Lipinski definition) is 4. The summed E-state index contributed by atoms with van der Waals surface area (Å²) >= 11 is 7.14. The van der Waals surface area contributed by atoms with Gasteiger partial charge in [0.1, 0.15) is 10.8 Å². The van der Waals surface area contributed by atoms with Gasteiger partial charge in [-0.1, -0.05) is 24.6 Å². The van der Waals surface area contributed by atoms with Gasteiger partial charge >= 0.3 is 5.97 Å². The smallest absolute Gasteiger partial charge is 0.341 e. The fraction of sp³-hybridized carbons (Fsp3) is 0.250. The predicted octanol–water partition coefficient (Wildman–Crippen LogP) is 4.53. The van der Waals surface area contributed by atoms with Crippen LogP contribution < -0.4 is 5.32 Å². The van der Waals surface area contributed by atoms with E-state index in [1.165, 1.54) is 23.5 Å². The number of thiophene rings is 1. The number of esters is 1. The summed E-state index contributed by atoms with van der Waals surface area (Å²) in [4.78, 5) is 25.2. The molecule has 1 N–H and O–H groups in total. The molecular weight excluding hydrogens is 341 g/mol. The number of aryl methyl sites for hydroxylation is 1. The monoisotopic (exact) mass is 355 g/mol. The average molecular weight is 356 g/mol. The quantitative estimate of drug-likeness (QED) is 0.801. The third kappa shape index (κ3) is 3.89. The van der Waals surface area contributed by atoms with Gasteiger partial charge in [0, 0.05) is 4.88 Å². The molecule has 4 nitrogen and oxygen atoms in total. The summed E-state index contributed by atoms with van der Waals surface area (Å²) in [5.41, 5.74) is 0.00457. The van der Waals surface area contributed by atoms with E-state index in [-0.39, 0.29) is 22.8 Å². The molecule has 0 aliphatic carbocycles. The standard InChI is InChI=1S/C16H15ClFNO3S/c1-3-9-8-10(16(21)22-4-2)15(23-9)19-14(20)13-11(17)6-5-7-12(13)18/h5-8H,3-4H2,1-2H3,(H,19,20). The van der Waals surface area contributed by atoms with Gasteiger partial charge in [-0.3, -0.25) is 4.79 Å². The van der Waals surface area contributed by atoms with Gasteiger partial charge in [-0.05, 0) is 31.5 Å². The van der Waals surface area contributed by atoms with Crippen molar-refractivity contribution in [2.45, 2.75) is 20.3 Å². The molecule has 0 fully saturated rings. The molecule has 1 heterocycles. The molecule has 23 heavy (non-hydrogen) atoms. The second-order valence-electron chi connectivity index (χ2n) is 4.58. The van der Waals surface area contributed by atoms with Gasteiger partial charge in [0.15, 0.2) is 0 Å². The lowest BCUT2D eigenvalue weighted by Gasteiger charge is -2.08. The van der Waals surface area contributed by atoms with Crippen LogP contribution in [0.3, 0.4) is 0 Å². The van der Waals surface area contributed by atoms with Crippen molar-refractivity contribution in [2.75, 3.05) is 11.9 Å². The van der Waals surface area contributed by atoms with Crippen molar-refractivity contribution in [1.82, 2.24) is 0 Å². The molecule has 0 aliphatic heterocycles. The highest BCUT2D eigenvalue weighted by atomic mass is 35.5. The molecular formula is C16H15ClFNO3S. The summed E-state index contributed by atoms with van der Waals surface area (Å²) in [7, 11) is 0. The number of benzene rings is 1. The van der Waals surface area contributed by atoms with Crippen LogP contribution in [0.4, 0.5) is 9.39 Å². The van der Waals surface area contributed by atoms with Gasteiger partial charge in [-0.25, -0.2) is 9.18 Å². The van der Waals surface area contributed by atoms with Crippen LogP contribution in [0, 0.1) is 5.82 Å². The number of rotatable bonds is 5. The van der Waals surface area contributed by atoms with E-state index in [1.807, 2.05) is 6.92 Å². The fourth-order valence-electron chi connectivity index (χ4n) is 1.95. The number of carbonyl (C=O) groups is 2. The minimum atomic E-state index is -0.722. The van der Waals surface area contributed by atoms with Crippen molar-refractivity contribution >= 4 is 39.8 Å². The zero-order valence-corrected chi connectivity index (χ0v) is 14.2. The van der Waals surface area contributed by atoms with Crippen molar-refractivity contribution in [3.05, 3.63) is 51.1 Å². The Morgan fingerprint density at radius 1 is 1.35 bits per heavy atom. The van der Waals surface area contributed by atoms with Crippen molar-refractivity contribution < 1.29 is 18.7 Å². The van der Waals surface area contributed by atoms with Crippen LogP contribution in [0.2, 0.25) is 5.02 Å². The first-order chi connectivity index (χ1) is 11.0. The second-order valence-corrected chi connectivity index (χ2v) is 6.12. The molecule has 2 rings (SSSR count). The Balaban J connectivity index is 2.34. The van der Waals surface area contributed by atoms with E-state index < -0.39 is 17.7 Å². The lowest BCUT2D eigenvalue weighted by atomic mass is 10.2. The highest BCUT2D eigenvalue weighted by Crippen LogP contribution is 2.30. The summed E-state index contributed by atoms with van der Waals surface area (Å²) in [5, 5.41) is 2.89. The first-order valence-electron chi connectivity index (χ1n) is 7.03. The molecule has 122 valence electrons. The van der Waals surface area contributed by atoms with Crippen molar-refractivity contribution in [1.29, 1.82) is 0 Å². The molecule has 0 radical (unpaired) electrons. The molecule has 2 aromatic rings. The number of halogens is 2. The van der Waals surface area contributed by atoms with Crippen molar-refractivity contribution in [3.8, 4) is 0 Å². The molecule has 1 aromatic carbocycles. The van der Waals surface area contributed by atoms with Crippen LogP contribution in [0.15, 0.2) is 24.3 Å². The van der Waals surface area contributed by atoms with Gasteiger partial charge in [-0.15, -0.1) is 11.3 Å². The average Bonchev–Trinajstić information content (AvgIpc) is 2.90. The molecule has 7 heteroatoms. The normalized spacial score (nSPS) is 10.4. The van der Waals surface area contributed by atoms with Crippen LogP contribution in [0.25, 0.3) is 0 Å². The van der Waals surface area contributed by atoms with Crippen LogP contribution >= 0.6 is 22.9 Å². The zero-order valence-electron chi connectivity index (χ0n) is 12.6. The minimum absolute atomic E-state index is 0.00690. The molecule has 1 amide bonds. The van der Waals surface area contributed by atoms with Crippen LogP contribution in [0.1, 0.15) is 39.4 Å². The highest BCUT2D eigenvalue weighted by molar-refractivity contribution is 7.16. The number of amides is 1. The molecule has 0 saturated heterocycles. The molecule has 1 aromatic heterocycles. The molecule has 0 bridgehead atoms. The summed E-state index contributed by atoms with van der Waals surface area (Å²) < 4.78 is 18.8. The fourth-order valence-corrected chi connectivity index (χ4v) is 3.18. The maximum atomic E-state index is 13.8. The summed E-state index contributed by atoms with van der Waals surface area (Å²) in [6.45, 7) is 3.85. The number of ether oxygens (including phenoxy) is 1. The lowest BCUT2D eigenvalue weighted by molar-refractivity contribution is 0.0528. The van der Waals surface area contributed by atoms with E-state index in [9.17, 15) is 14.0 Å². The first kappa shape index (κ1) is 17.4. The highest BCUT2D eigenvalue weighted by Gasteiger charge is 2.22. The Morgan fingerprint density at radius 2 is 2.09 bits per heavy atom. The Hall–Kier alpha value is -1.92. The first-order valence-corrected chi connectivity index (χ1v) is 8.22. The maximum absolute atomic E-state index is 13.8. The molecule has 0 aliphatic rings. The minimum Gasteiger partial charge on any atom is -0.462 e. The molecule has 0 spiro atoms. The Bertz CT molecular complexity index is 725. The second kappa shape index (κ2) is 7.57. The predicted molar refractivity (Wildman–Crippen MR) is 89.0 cm³/mol. The van der Waals surface area contributed by atoms with Gasteiger partial charge < -0.3 is 10.1 Å². The molecule has 0 atom stereocenters.